The molecular formula is C9H5F2NO2. The van der Waals surface area contributed by atoms with Crippen molar-refractivity contribution >= 4 is 5.97 Å². The maximum Gasteiger partial charge on any atom is 0.340 e. The van der Waals surface area contributed by atoms with Crippen molar-refractivity contribution < 1.29 is 18.3 Å². The number of hydrogen-bond acceptors (Lipinski definition) is 3. The molecule has 5 heteroatoms. The van der Waals surface area contributed by atoms with Gasteiger partial charge in [0.2, 0.25) is 0 Å². The van der Waals surface area contributed by atoms with E-state index in [-0.39, 0.29) is 0 Å². The molecule has 0 amide bonds. The highest BCUT2D eigenvalue weighted by atomic mass is 19.1. The van der Waals surface area contributed by atoms with Gasteiger partial charge in [-0.15, -0.1) is 0 Å². The smallest absolute Gasteiger partial charge is 0.340 e. The molecule has 0 saturated carbocycles. The first kappa shape index (κ1) is 10.1. The predicted molar refractivity (Wildman–Crippen MR) is 42.4 cm³/mol. The van der Waals surface area contributed by atoms with E-state index >= 15 is 0 Å². The summed E-state index contributed by atoms with van der Waals surface area (Å²) in [6, 6.07) is 3.09. The highest BCUT2D eigenvalue weighted by molar-refractivity contribution is 5.90. The molecule has 0 aromatic heterocycles. The van der Waals surface area contributed by atoms with Crippen LogP contribution in [-0.4, -0.2) is 13.1 Å². The number of halogens is 2. The Morgan fingerprint density at radius 3 is 2.64 bits per heavy atom. The zero-order chi connectivity index (χ0) is 10.7. The molecule has 0 aliphatic carbocycles. The summed E-state index contributed by atoms with van der Waals surface area (Å²) in [7, 11) is 1.07. The van der Waals surface area contributed by atoms with Gasteiger partial charge in [0, 0.05) is 0 Å². The summed E-state index contributed by atoms with van der Waals surface area (Å²) in [5.74, 6) is -3.14. The second-order valence-electron chi connectivity index (χ2n) is 2.39. The summed E-state index contributed by atoms with van der Waals surface area (Å²) in [5.41, 5.74) is -1.24. The molecule has 0 aliphatic rings. The Kier molecular flexibility index (Phi) is 2.77. The molecule has 0 heterocycles. The zero-order valence-corrected chi connectivity index (χ0v) is 7.17. The number of carbonyl (C=O) groups is 1. The number of hydrogen-bond donors (Lipinski definition) is 0. The Labute approximate surface area is 78.5 Å². The third kappa shape index (κ3) is 1.55. The van der Waals surface area contributed by atoms with Gasteiger partial charge in [-0.25, -0.2) is 13.6 Å². The van der Waals surface area contributed by atoms with Gasteiger partial charge in [-0.05, 0) is 12.1 Å². The Balaban J connectivity index is 3.37. The average molecular weight is 197 g/mol. The van der Waals surface area contributed by atoms with Crippen molar-refractivity contribution in [2.24, 2.45) is 0 Å². The van der Waals surface area contributed by atoms with Crippen LogP contribution in [0.3, 0.4) is 0 Å². The summed E-state index contributed by atoms with van der Waals surface area (Å²) in [6.45, 7) is 0. The number of benzene rings is 1. The minimum Gasteiger partial charge on any atom is -0.465 e. The second kappa shape index (κ2) is 3.83. The van der Waals surface area contributed by atoms with Gasteiger partial charge in [0.05, 0.1) is 12.7 Å². The van der Waals surface area contributed by atoms with Crippen LogP contribution in [0.1, 0.15) is 15.9 Å². The third-order valence-corrected chi connectivity index (χ3v) is 1.61. The van der Waals surface area contributed by atoms with Crippen LogP contribution in [0.15, 0.2) is 12.1 Å². The van der Waals surface area contributed by atoms with Gasteiger partial charge in [-0.3, -0.25) is 0 Å². The monoisotopic (exact) mass is 197 g/mol. The molecule has 14 heavy (non-hydrogen) atoms. The topological polar surface area (TPSA) is 50.1 Å². The number of ether oxygens (including phenoxy) is 1. The van der Waals surface area contributed by atoms with E-state index < -0.39 is 28.7 Å². The van der Waals surface area contributed by atoms with Gasteiger partial charge in [-0.2, -0.15) is 5.26 Å². The molecule has 0 N–H and O–H groups in total. The van der Waals surface area contributed by atoms with Gasteiger partial charge in [0.25, 0.3) is 0 Å². The normalized spacial score (nSPS) is 9.29. The van der Waals surface area contributed by atoms with Crippen molar-refractivity contribution in [3.8, 4) is 6.07 Å². The first-order valence-corrected chi connectivity index (χ1v) is 3.58. The van der Waals surface area contributed by atoms with Crippen LogP contribution in [0.5, 0.6) is 0 Å². The van der Waals surface area contributed by atoms with Crippen LogP contribution in [0.25, 0.3) is 0 Å². The summed E-state index contributed by atoms with van der Waals surface area (Å²) >= 11 is 0. The first-order chi connectivity index (χ1) is 6.61. The molecule has 0 aliphatic heterocycles. The lowest BCUT2D eigenvalue weighted by molar-refractivity contribution is 0.0595. The van der Waals surface area contributed by atoms with Crippen molar-refractivity contribution in [3.05, 3.63) is 34.9 Å². The summed E-state index contributed by atoms with van der Waals surface area (Å²) in [4.78, 5) is 10.9. The number of nitriles is 1. The highest BCUT2D eigenvalue weighted by Crippen LogP contribution is 2.16. The maximum atomic E-state index is 13.2. The van der Waals surface area contributed by atoms with Gasteiger partial charge >= 0.3 is 5.97 Å². The molecule has 0 bridgehead atoms. The minimum absolute atomic E-state index is 0.453. The van der Waals surface area contributed by atoms with Crippen LogP contribution in [0.4, 0.5) is 8.78 Å². The number of methoxy groups -OCH3 is 1. The first-order valence-electron chi connectivity index (χ1n) is 3.58. The average Bonchev–Trinajstić information content (AvgIpc) is 2.18. The van der Waals surface area contributed by atoms with Gasteiger partial charge < -0.3 is 4.74 Å². The van der Waals surface area contributed by atoms with E-state index in [9.17, 15) is 13.6 Å². The van der Waals surface area contributed by atoms with Crippen LogP contribution < -0.4 is 0 Å². The number of nitrogens with zero attached hydrogens (tertiary/aromatic N) is 1. The molecule has 0 atom stereocenters. The van der Waals surface area contributed by atoms with E-state index in [1.54, 1.807) is 0 Å². The Hall–Kier alpha value is -1.96. The van der Waals surface area contributed by atoms with E-state index in [0.29, 0.717) is 0 Å². The highest BCUT2D eigenvalue weighted by Gasteiger charge is 2.18. The molecule has 1 rings (SSSR count). The zero-order valence-electron chi connectivity index (χ0n) is 7.17. The van der Waals surface area contributed by atoms with Crippen LogP contribution in [-0.2, 0) is 4.74 Å². The molecule has 0 radical (unpaired) electrons. The van der Waals surface area contributed by atoms with Crippen molar-refractivity contribution in [3.63, 3.8) is 0 Å². The fourth-order valence-corrected chi connectivity index (χ4v) is 0.923. The van der Waals surface area contributed by atoms with Crippen molar-refractivity contribution in [2.45, 2.75) is 0 Å². The lowest BCUT2D eigenvalue weighted by Crippen LogP contribution is -2.06. The van der Waals surface area contributed by atoms with Gasteiger partial charge in [0.1, 0.15) is 17.4 Å². The van der Waals surface area contributed by atoms with E-state index in [4.69, 9.17) is 5.26 Å². The molecule has 1 aromatic carbocycles. The van der Waals surface area contributed by atoms with E-state index in [1.165, 1.54) is 6.07 Å². The SMILES string of the molecule is COC(=O)c1ccc(F)c(C#N)c1F. The fourth-order valence-electron chi connectivity index (χ4n) is 0.923. The third-order valence-electron chi connectivity index (χ3n) is 1.61. The number of rotatable bonds is 1. The molecule has 3 nitrogen and oxygen atoms in total. The Bertz CT molecular complexity index is 424. The molecule has 0 saturated heterocycles. The van der Waals surface area contributed by atoms with Crippen molar-refractivity contribution in [2.75, 3.05) is 7.11 Å². The van der Waals surface area contributed by atoms with Crippen molar-refractivity contribution in [1.82, 2.24) is 0 Å². The van der Waals surface area contributed by atoms with Gasteiger partial charge in [-0.1, -0.05) is 0 Å². The summed E-state index contributed by atoms with van der Waals surface area (Å²) in [6.07, 6.45) is 0. The number of carbonyl (C=O) groups excluding carboxylic acids is 1. The lowest BCUT2D eigenvalue weighted by Gasteiger charge is -2.02. The summed E-state index contributed by atoms with van der Waals surface area (Å²) in [5, 5.41) is 8.40. The second-order valence-corrected chi connectivity index (χ2v) is 2.39. The van der Waals surface area contributed by atoms with E-state index in [1.807, 2.05) is 0 Å². The van der Waals surface area contributed by atoms with Crippen LogP contribution >= 0.6 is 0 Å². The van der Waals surface area contributed by atoms with Crippen LogP contribution in [0, 0.1) is 23.0 Å². The molecule has 0 spiro atoms. The Morgan fingerprint density at radius 1 is 1.50 bits per heavy atom. The minimum atomic E-state index is -1.20. The lowest BCUT2D eigenvalue weighted by atomic mass is 10.1. The van der Waals surface area contributed by atoms with E-state index in [0.717, 1.165) is 19.2 Å². The standard InChI is InChI=1S/C9H5F2NO2/c1-14-9(13)5-2-3-7(10)6(4-12)8(5)11/h2-3H,1H3. The Morgan fingerprint density at radius 2 is 2.14 bits per heavy atom. The molecule has 0 fully saturated rings. The quantitative estimate of drug-likeness (QED) is 0.643. The number of esters is 1. The van der Waals surface area contributed by atoms with Gasteiger partial charge in [0.15, 0.2) is 5.82 Å². The molecule has 0 unspecified atom stereocenters. The van der Waals surface area contributed by atoms with E-state index in [2.05, 4.69) is 4.74 Å². The van der Waals surface area contributed by atoms with Crippen LogP contribution in [0.2, 0.25) is 0 Å². The largest absolute Gasteiger partial charge is 0.465 e. The molecule has 1 aromatic rings. The molecular weight excluding hydrogens is 192 g/mol. The predicted octanol–water partition coefficient (Wildman–Crippen LogP) is 1.62. The fraction of sp³-hybridized carbons (Fsp3) is 0.111. The molecule has 72 valence electrons. The maximum absolute atomic E-state index is 13.2. The van der Waals surface area contributed by atoms with Crippen molar-refractivity contribution in [1.29, 1.82) is 5.26 Å². The summed E-state index contributed by atoms with van der Waals surface area (Å²) < 4.78 is 30.2.